The molecule has 0 spiro atoms. The van der Waals surface area contributed by atoms with Crippen LogP contribution in [0.15, 0.2) is 23.0 Å². The summed E-state index contributed by atoms with van der Waals surface area (Å²) in [6, 6.07) is 1.75. The first-order valence-corrected chi connectivity index (χ1v) is 7.65. The SMILES string of the molecule is CC[C@H](C)N(CCC(=O)N(CC)CC)C(=O)c1ccoc1. The fourth-order valence-electron chi connectivity index (χ4n) is 2.24. The number of rotatable bonds is 8. The molecule has 0 bridgehead atoms. The van der Waals surface area contributed by atoms with Crippen LogP contribution in [0.4, 0.5) is 0 Å². The van der Waals surface area contributed by atoms with Crippen LogP contribution in [-0.4, -0.2) is 47.3 Å². The van der Waals surface area contributed by atoms with E-state index in [1.54, 1.807) is 15.9 Å². The second kappa shape index (κ2) is 8.49. The van der Waals surface area contributed by atoms with Gasteiger partial charge in [0.25, 0.3) is 5.91 Å². The van der Waals surface area contributed by atoms with Crippen LogP contribution in [0.1, 0.15) is 50.9 Å². The molecule has 5 heteroatoms. The maximum Gasteiger partial charge on any atom is 0.257 e. The third kappa shape index (κ3) is 4.62. The van der Waals surface area contributed by atoms with Crippen molar-refractivity contribution in [2.24, 2.45) is 0 Å². The Morgan fingerprint density at radius 1 is 1.24 bits per heavy atom. The predicted molar refractivity (Wildman–Crippen MR) is 82.0 cm³/mol. The molecule has 21 heavy (non-hydrogen) atoms. The Labute approximate surface area is 126 Å². The van der Waals surface area contributed by atoms with E-state index in [2.05, 4.69) is 0 Å². The van der Waals surface area contributed by atoms with Crippen LogP contribution in [0, 0.1) is 0 Å². The summed E-state index contributed by atoms with van der Waals surface area (Å²) in [4.78, 5) is 28.1. The molecule has 5 nitrogen and oxygen atoms in total. The highest BCUT2D eigenvalue weighted by atomic mass is 16.3. The zero-order valence-electron chi connectivity index (χ0n) is 13.5. The highest BCUT2D eigenvalue weighted by Gasteiger charge is 2.22. The van der Waals surface area contributed by atoms with Gasteiger partial charge in [0, 0.05) is 32.1 Å². The van der Waals surface area contributed by atoms with Crippen LogP contribution in [0.25, 0.3) is 0 Å². The third-order valence-corrected chi connectivity index (χ3v) is 3.83. The fourth-order valence-corrected chi connectivity index (χ4v) is 2.24. The summed E-state index contributed by atoms with van der Waals surface area (Å²) in [6.07, 6.45) is 4.14. The molecule has 2 amide bonds. The van der Waals surface area contributed by atoms with E-state index in [0.29, 0.717) is 31.6 Å². The van der Waals surface area contributed by atoms with E-state index in [1.807, 2.05) is 27.7 Å². The van der Waals surface area contributed by atoms with Crippen molar-refractivity contribution >= 4 is 11.8 Å². The lowest BCUT2D eigenvalue weighted by atomic mass is 10.1. The minimum Gasteiger partial charge on any atom is -0.472 e. The van der Waals surface area contributed by atoms with Crippen molar-refractivity contribution in [3.05, 3.63) is 24.2 Å². The van der Waals surface area contributed by atoms with E-state index in [4.69, 9.17) is 4.42 Å². The van der Waals surface area contributed by atoms with E-state index in [0.717, 1.165) is 6.42 Å². The second-order valence-corrected chi connectivity index (χ2v) is 5.08. The first-order chi connectivity index (χ1) is 10.0. The van der Waals surface area contributed by atoms with E-state index in [9.17, 15) is 9.59 Å². The van der Waals surface area contributed by atoms with E-state index in [1.165, 1.54) is 12.5 Å². The van der Waals surface area contributed by atoms with Crippen LogP contribution in [0.5, 0.6) is 0 Å². The van der Waals surface area contributed by atoms with Crippen molar-refractivity contribution in [1.29, 1.82) is 0 Å². The number of hydrogen-bond acceptors (Lipinski definition) is 3. The molecule has 0 N–H and O–H groups in total. The van der Waals surface area contributed by atoms with Crippen LogP contribution in [-0.2, 0) is 4.79 Å². The minimum atomic E-state index is -0.0783. The molecule has 0 aliphatic carbocycles. The average molecular weight is 294 g/mol. The summed E-state index contributed by atoms with van der Waals surface area (Å²) in [6.45, 7) is 9.80. The molecule has 0 unspecified atom stereocenters. The number of amides is 2. The molecule has 0 fully saturated rings. The molecular weight excluding hydrogens is 268 g/mol. The first kappa shape index (κ1) is 17.3. The van der Waals surface area contributed by atoms with E-state index in [-0.39, 0.29) is 17.9 Å². The van der Waals surface area contributed by atoms with Crippen molar-refractivity contribution in [1.82, 2.24) is 9.80 Å². The van der Waals surface area contributed by atoms with Gasteiger partial charge in [-0.25, -0.2) is 0 Å². The summed E-state index contributed by atoms with van der Waals surface area (Å²) >= 11 is 0. The lowest BCUT2D eigenvalue weighted by Crippen LogP contribution is -2.41. The molecule has 1 aromatic rings. The topological polar surface area (TPSA) is 53.8 Å². The fraction of sp³-hybridized carbons (Fsp3) is 0.625. The number of furan rings is 1. The summed E-state index contributed by atoms with van der Waals surface area (Å²) in [5.41, 5.74) is 0.533. The van der Waals surface area contributed by atoms with Crippen molar-refractivity contribution in [2.75, 3.05) is 19.6 Å². The predicted octanol–water partition coefficient (Wildman–Crippen LogP) is 2.78. The quantitative estimate of drug-likeness (QED) is 0.741. The summed E-state index contributed by atoms with van der Waals surface area (Å²) in [5.74, 6) is 0.0127. The van der Waals surface area contributed by atoms with Gasteiger partial charge >= 0.3 is 0 Å². The Bertz CT molecular complexity index is 438. The first-order valence-electron chi connectivity index (χ1n) is 7.65. The van der Waals surface area contributed by atoms with Gasteiger partial charge in [0.2, 0.25) is 5.91 Å². The molecule has 0 saturated heterocycles. The highest BCUT2D eigenvalue weighted by Crippen LogP contribution is 2.12. The lowest BCUT2D eigenvalue weighted by molar-refractivity contribution is -0.131. The number of nitrogens with zero attached hydrogens (tertiary/aromatic N) is 2. The number of hydrogen-bond donors (Lipinski definition) is 0. The maximum atomic E-state index is 12.5. The Kier molecular flexibility index (Phi) is 6.99. The largest absolute Gasteiger partial charge is 0.472 e. The maximum absolute atomic E-state index is 12.5. The Morgan fingerprint density at radius 2 is 1.90 bits per heavy atom. The molecule has 1 atom stereocenters. The highest BCUT2D eigenvalue weighted by molar-refractivity contribution is 5.94. The average Bonchev–Trinajstić information content (AvgIpc) is 3.02. The number of carbonyl (C=O) groups is 2. The normalized spacial score (nSPS) is 12.0. The van der Waals surface area contributed by atoms with Crippen molar-refractivity contribution < 1.29 is 14.0 Å². The molecule has 1 aromatic heterocycles. The lowest BCUT2D eigenvalue weighted by Gasteiger charge is -2.29. The van der Waals surface area contributed by atoms with Gasteiger partial charge in [-0.05, 0) is 33.3 Å². The monoisotopic (exact) mass is 294 g/mol. The summed E-state index contributed by atoms with van der Waals surface area (Å²) < 4.78 is 4.98. The van der Waals surface area contributed by atoms with E-state index < -0.39 is 0 Å². The van der Waals surface area contributed by atoms with Gasteiger partial charge in [0.05, 0.1) is 11.8 Å². The summed E-state index contributed by atoms with van der Waals surface area (Å²) in [7, 11) is 0. The van der Waals surface area contributed by atoms with Gasteiger partial charge in [0.15, 0.2) is 0 Å². The second-order valence-electron chi connectivity index (χ2n) is 5.08. The molecule has 0 aliphatic heterocycles. The van der Waals surface area contributed by atoms with E-state index >= 15 is 0 Å². The molecule has 0 radical (unpaired) electrons. The summed E-state index contributed by atoms with van der Waals surface area (Å²) in [5, 5.41) is 0. The Morgan fingerprint density at radius 3 is 2.38 bits per heavy atom. The molecule has 1 rings (SSSR count). The minimum absolute atomic E-state index is 0.0783. The van der Waals surface area contributed by atoms with Crippen LogP contribution in [0.2, 0.25) is 0 Å². The van der Waals surface area contributed by atoms with Gasteiger partial charge in [-0.3, -0.25) is 9.59 Å². The number of carbonyl (C=O) groups excluding carboxylic acids is 2. The zero-order chi connectivity index (χ0) is 15.8. The van der Waals surface area contributed by atoms with Crippen molar-refractivity contribution in [2.45, 2.75) is 46.6 Å². The van der Waals surface area contributed by atoms with Crippen LogP contribution >= 0.6 is 0 Å². The molecule has 118 valence electrons. The standard InChI is InChI=1S/C16H26N2O3/c1-5-13(4)18(16(20)14-9-11-21-12-14)10-8-15(19)17(6-2)7-3/h9,11-13H,5-8,10H2,1-4H3/t13-/m0/s1. The Balaban J connectivity index is 2.71. The Hall–Kier alpha value is -1.78. The van der Waals surface area contributed by atoms with Gasteiger partial charge in [0.1, 0.15) is 6.26 Å². The third-order valence-electron chi connectivity index (χ3n) is 3.83. The van der Waals surface area contributed by atoms with Gasteiger partial charge in [-0.1, -0.05) is 6.92 Å². The smallest absolute Gasteiger partial charge is 0.257 e. The van der Waals surface area contributed by atoms with Crippen LogP contribution in [0.3, 0.4) is 0 Å². The molecular formula is C16H26N2O3. The van der Waals surface area contributed by atoms with Gasteiger partial charge in [-0.15, -0.1) is 0 Å². The van der Waals surface area contributed by atoms with Crippen LogP contribution < -0.4 is 0 Å². The molecule has 0 aromatic carbocycles. The van der Waals surface area contributed by atoms with Crippen molar-refractivity contribution in [3.8, 4) is 0 Å². The molecule has 0 saturated carbocycles. The zero-order valence-corrected chi connectivity index (χ0v) is 13.5. The van der Waals surface area contributed by atoms with Gasteiger partial charge < -0.3 is 14.2 Å². The van der Waals surface area contributed by atoms with Crippen molar-refractivity contribution in [3.63, 3.8) is 0 Å². The van der Waals surface area contributed by atoms with Gasteiger partial charge in [-0.2, -0.15) is 0 Å². The molecule has 1 heterocycles. The molecule has 0 aliphatic rings.